The first kappa shape index (κ1) is 24.9. The fourth-order valence-electron chi connectivity index (χ4n) is 7.40. The Hall–Kier alpha value is -1.75. The average molecular weight is 517 g/mol. The molecule has 35 heavy (non-hydrogen) atoms. The molecular weight excluding hydrogens is 481 g/mol. The molecule has 0 spiro atoms. The van der Waals surface area contributed by atoms with Crippen LogP contribution in [-0.2, 0) is 13.0 Å². The van der Waals surface area contributed by atoms with Crippen molar-refractivity contribution in [2.45, 2.75) is 57.6 Å². The van der Waals surface area contributed by atoms with E-state index < -0.39 is 6.10 Å². The van der Waals surface area contributed by atoms with Gasteiger partial charge in [-0.2, -0.15) is 0 Å². The molecule has 6 rings (SSSR count). The van der Waals surface area contributed by atoms with Crippen molar-refractivity contribution in [1.82, 2.24) is 4.90 Å². The van der Waals surface area contributed by atoms with Crippen LogP contribution in [0.25, 0.3) is 0 Å². The molecule has 4 aliphatic carbocycles. The minimum atomic E-state index is -0.650. The van der Waals surface area contributed by atoms with Gasteiger partial charge in [-0.15, -0.1) is 11.6 Å². The van der Waals surface area contributed by atoms with E-state index in [-0.39, 0.29) is 17.2 Å². The molecule has 188 valence electrons. The standard InChI is InChI=1S/C29H35Cl2NO3/c1-35-25-5-2-19(3-6-25)17-32(18-29-13-21-8-22(14-29)10-23(9-21)15-29)28(34)26-12-20(4-7-27(26)31)11-24(33)16-30/h2-7,12,21-24,33H,8-11,13-18H2,1H3/t21?,22?,23?,24-,29?/m0/s1. The van der Waals surface area contributed by atoms with Gasteiger partial charge in [0.1, 0.15) is 5.75 Å². The first-order valence-electron chi connectivity index (χ1n) is 12.8. The van der Waals surface area contributed by atoms with Crippen LogP contribution < -0.4 is 4.74 Å². The van der Waals surface area contributed by atoms with Crippen molar-refractivity contribution in [2.24, 2.45) is 23.2 Å². The molecule has 1 atom stereocenters. The van der Waals surface area contributed by atoms with Gasteiger partial charge in [0, 0.05) is 19.0 Å². The number of alkyl halides is 1. The van der Waals surface area contributed by atoms with Crippen LogP contribution in [0.3, 0.4) is 0 Å². The van der Waals surface area contributed by atoms with Crippen LogP contribution in [0, 0.1) is 23.2 Å². The van der Waals surface area contributed by atoms with E-state index in [1.54, 1.807) is 13.2 Å². The third-order valence-corrected chi connectivity index (χ3v) is 9.11. The van der Waals surface area contributed by atoms with Crippen molar-refractivity contribution < 1.29 is 14.6 Å². The van der Waals surface area contributed by atoms with Gasteiger partial charge in [0.15, 0.2) is 0 Å². The molecule has 0 unspecified atom stereocenters. The summed E-state index contributed by atoms with van der Waals surface area (Å²) in [4.78, 5) is 16.1. The SMILES string of the molecule is COc1ccc(CN(CC23CC4CC(CC(C4)C2)C3)C(=O)c2cc(C[C@H](O)CCl)ccc2Cl)cc1. The van der Waals surface area contributed by atoms with Gasteiger partial charge in [-0.1, -0.05) is 29.8 Å². The van der Waals surface area contributed by atoms with Gasteiger partial charge in [-0.3, -0.25) is 4.79 Å². The number of amides is 1. The quantitative estimate of drug-likeness (QED) is 0.395. The first-order chi connectivity index (χ1) is 16.9. The summed E-state index contributed by atoms with van der Waals surface area (Å²) in [5.41, 5.74) is 2.67. The van der Waals surface area contributed by atoms with Crippen molar-refractivity contribution in [3.63, 3.8) is 0 Å². The van der Waals surface area contributed by atoms with Gasteiger partial charge in [0.25, 0.3) is 5.91 Å². The number of aliphatic hydroxyl groups excluding tert-OH is 1. The maximum absolute atomic E-state index is 14.1. The van der Waals surface area contributed by atoms with Crippen molar-refractivity contribution in [2.75, 3.05) is 19.5 Å². The fourth-order valence-corrected chi connectivity index (χ4v) is 7.71. The number of benzene rings is 2. The number of hydrogen-bond acceptors (Lipinski definition) is 3. The Labute approximate surface area is 218 Å². The number of aliphatic hydroxyl groups is 1. The molecule has 6 heteroatoms. The summed E-state index contributed by atoms with van der Waals surface area (Å²) in [5.74, 6) is 3.39. The molecule has 4 bridgehead atoms. The zero-order chi connectivity index (χ0) is 24.6. The Balaban J connectivity index is 1.44. The third kappa shape index (κ3) is 5.50. The first-order valence-corrected chi connectivity index (χ1v) is 13.7. The van der Waals surface area contributed by atoms with Crippen LogP contribution in [0.15, 0.2) is 42.5 Å². The highest BCUT2D eigenvalue weighted by Gasteiger charge is 2.51. The Kier molecular flexibility index (Phi) is 7.35. The van der Waals surface area contributed by atoms with E-state index in [1.165, 1.54) is 38.5 Å². The lowest BCUT2D eigenvalue weighted by Crippen LogP contribution is -2.52. The lowest BCUT2D eigenvalue weighted by molar-refractivity contribution is -0.0661. The number of hydrogen-bond donors (Lipinski definition) is 1. The lowest BCUT2D eigenvalue weighted by Gasteiger charge is -2.57. The molecule has 4 aliphatic rings. The number of carbonyl (C=O) groups excluding carboxylic acids is 1. The number of ether oxygens (including phenoxy) is 1. The summed E-state index contributed by atoms with van der Waals surface area (Å²) in [7, 11) is 1.66. The maximum Gasteiger partial charge on any atom is 0.255 e. The molecule has 0 heterocycles. The van der Waals surface area contributed by atoms with Crippen LogP contribution in [-0.4, -0.2) is 41.6 Å². The molecule has 0 aliphatic heterocycles. The second-order valence-corrected chi connectivity index (χ2v) is 12.0. The third-order valence-electron chi connectivity index (χ3n) is 8.42. The van der Waals surface area contributed by atoms with Crippen molar-refractivity contribution >= 4 is 29.1 Å². The van der Waals surface area contributed by atoms with Crippen LogP contribution >= 0.6 is 23.2 Å². The summed E-state index contributed by atoms with van der Waals surface area (Å²) in [6.45, 7) is 1.31. The Bertz CT molecular complexity index is 1020. The second-order valence-electron chi connectivity index (χ2n) is 11.3. The van der Waals surface area contributed by atoms with Crippen LogP contribution in [0.2, 0.25) is 5.02 Å². The molecule has 0 radical (unpaired) electrons. The summed E-state index contributed by atoms with van der Waals surface area (Å²) in [5, 5.41) is 10.5. The number of carbonyl (C=O) groups is 1. The number of rotatable bonds is 9. The maximum atomic E-state index is 14.1. The molecule has 0 aromatic heterocycles. The number of methoxy groups -OCH3 is 1. The van der Waals surface area contributed by atoms with Gasteiger partial charge < -0.3 is 14.7 Å². The fraction of sp³-hybridized carbons (Fsp3) is 0.552. The zero-order valence-corrected chi connectivity index (χ0v) is 21.9. The highest BCUT2D eigenvalue weighted by molar-refractivity contribution is 6.33. The zero-order valence-electron chi connectivity index (χ0n) is 20.4. The van der Waals surface area contributed by atoms with Gasteiger partial charge in [0.05, 0.1) is 23.8 Å². The molecule has 4 saturated carbocycles. The Morgan fingerprint density at radius 3 is 2.23 bits per heavy atom. The van der Waals surface area contributed by atoms with E-state index in [0.717, 1.165) is 41.2 Å². The molecule has 4 fully saturated rings. The highest BCUT2D eigenvalue weighted by atomic mass is 35.5. The minimum Gasteiger partial charge on any atom is -0.497 e. The summed E-state index contributed by atoms with van der Waals surface area (Å²) in [6.07, 6.45) is 7.59. The van der Waals surface area contributed by atoms with E-state index in [0.29, 0.717) is 23.6 Å². The Morgan fingerprint density at radius 2 is 1.66 bits per heavy atom. The smallest absolute Gasteiger partial charge is 0.255 e. The summed E-state index contributed by atoms with van der Waals surface area (Å²) < 4.78 is 5.32. The van der Waals surface area contributed by atoms with Gasteiger partial charge in [-0.25, -0.2) is 0 Å². The highest BCUT2D eigenvalue weighted by Crippen LogP contribution is 2.60. The lowest BCUT2D eigenvalue weighted by atomic mass is 9.49. The van der Waals surface area contributed by atoms with E-state index in [4.69, 9.17) is 27.9 Å². The monoisotopic (exact) mass is 515 g/mol. The van der Waals surface area contributed by atoms with Crippen LogP contribution in [0.4, 0.5) is 0 Å². The largest absolute Gasteiger partial charge is 0.497 e. The average Bonchev–Trinajstić information content (AvgIpc) is 2.83. The molecule has 2 aromatic rings. The molecule has 4 nitrogen and oxygen atoms in total. The normalized spacial score (nSPS) is 27.6. The van der Waals surface area contributed by atoms with Gasteiger partial charge in [-0.05, 0) is 104 Å². The molecule has 2 aromatic carbocycles. The van der Waals surface area contributed by atoms with Crippen molar-refractivity contribution in [3.8, 4) is 5.75 Å². The number of nitrogens with zero attached hydrogens (tertiary/aromatic N) is 1. The second kappa shape index (κ2) is 10.3. The number of halogens is 2. The van der Waals surface area contributed by atoms with Crippen LogP contribution in [0.5, 0.6) is 5.75 Å². The summed E-state index contributed by atoms with van der Waals surface area (Å²) in [6, 6.07) is 13.4. The Morgan fingerprint density at radius 1 is 1.06 bits per heavy atom. The van der Waals surface area contributed by atoms with E-state index in [9.17, 15) is 9.90 Å². The molecule has 1 N–H and O–H groups in total. The van der Waals surface area contributed by atoms with E-state index in [2.05, 4.69) is 0 Å². The van der Waals surface area contributed by atoms with E-state index >= 15 is 0 Å². The van der Waals surface area contributed by atoms with Gasteiger partial charge >= 0.3 is 0 Å². The van der Waals surface area contributed by atoms with Crippen molar-refractivity contribution in [1.29, 1.82) is 0 Å². The van der Waals surface area contributed by atoms with Gasteiger partial charge in [0.2, 0.25) is 0 Å². The van der Waals surface area contributed by atoms with E-state index in [1.807, 2.05) is 41.3 Å². The topological polar surface area (TPSA) is 49.8 Å². The van der Waals surface area contributed by atoms with Crippen LogP contribution in [0.1, 0.15) is 60.0 Å². The summed E-state index contributed by atoms with van der Waals surface area (Å²) >= 11 is 12.4. The minimum absolute atomic E-state index is 0.0382. The molecular formula is C29H35Cl2NO3. The molecule has 0 saturated heterocycles. The predicted molar refractivity (Wildman–Crippen MR) is 140 cm³/mol. The van der Waals surface area contributed by atoms with Crippen molar-refractivity contribution in [3.05, 3.63) is 64.2 Å². The predicted octanol–water partition coefficient (Wildman–Crippen LogP) is 6.35. The molecule has 1 amide bonds.